The summed E-state index contributed by atoms with van der Waals surface area (Å²) in [4.78, 5) is 36.8. The van der Waals surface area contributed by atoms with E-state index < -0.39 is 0 Å². The summed E-state index contributed by atoms with van der Waals surface area (Å²) in [6.07, 6.45) is 0. The molecular weight excluding hydrogens is 601 g/mol. The van der Waals surface area contributed by atoms with Gasteiger partial charge in [-0.15, -0.1) is 0 Å². The topological polar surface area (TPSA) is 172 Å². The molecule has 0 saturated heterocycles. The minimum atomic E-state index is 0. The van der Waals surface area contributed by atoms with Crippen LogP contribution in [0.2, 0.25) is 0 Å². The Hall–Kier alpha value is -5.30. The standard InChI is InChI=1S/C32H18N8.Ge.2H2O/c1-2-10-18-17(9-1)25-33-26(18)38-28-21-13-5-6-14-22(21)30(35-28)40-32-24-16-8-7-15-23(24)31(36-32)39-29-20-12-4-3-11-19(20)27(34-29)37-25;;;/h1-16H,(H2,33,34,35,36,37,38,39,40);;2*1H2. The minimum Gasteiger partial charge on any atom is -0.412 e. The number of hydrogen-bond acceptors (Lipinski definition) is 6. The van der Waals surface area contributed by atoms with Gasteiger partial charge in [0.05, 0.1) is 0 Å². The van der Waals surface area contributed by atoms with Gasteiger partial charge >= 0.3 is 0 Å². The molecular formula is C32H22GeN8O2. The van der Waals surface area contributed by atoms with Gasteiger partial charge in [0.1, 0.15) is 22.6 Å². The summed E-state index contributed by atoms with van der Waals surface area (Å²) in [7, 11) is 0. The maximum Gasteiger partial charge on any atom is 0.164 e. The number of benzene rings is 4. The third-order valence-electron chi connectivity index (χ3n) is 7.46. The maximum absolute atomic E-state index is 5.02. The van der Waals surface area contributed by atoms with Crippen LogP contribution in [0.1, 0.15) is 0 Å². The van der Waals surface area contributed by atoms with Gasteiger partial charge < -0.3 is 20.9 Å². The molecule has 7 aromatic rings. The first-order valence-electron chi connectivity index (χ1n) is 13.0. The molecule has 43 heavy (non-hydrogen) atoms. The Morgan fingerprint density at radius 1 is 0.326 bits per heavy atom. The molecule has 11 heteroatoms. The van der Waals surface area contributed by atoms with Gasteiger partial charge in [0, 0.05) is 61.4 Å². The van der Waals surface area contributed by atoms with Crippen molar-refractivity contribution in [3.63, 3.8) is 0 Å². The molecule has 2 aliphatic heterocycles. The van der Waals surface area contributed by atoms with E-state index in [0.29, 0.717) is 45.9 Å². The number of nitrogens with one attached hydrogen (secondary N) is 2. The molecule has 206 valence electrons. The van der Waals surface area contributed by atoms with Crippen molar-refractivity contribution >= 4 is 61.7 Å². The summed E-state index contributed by atoms with van der Waals surface area (Å²) in [6, 6.07) is 32.2. The van der Waals surface area contributed by atoms with Crippen molar-refractivity contribution in [3.8, 4) is 45.6 Å². The van der Waals surface area contributed by atoms with Crippen LogP contribution < -0.4 is 0 Å². The van der Waals surface area contributed by atoms with Crippen LogP contribution in [0, 0.1) is 0 Å². The fourth-order valence-corrected chi connectivity index (χ4v) is 5.59. The van der Waals surface area contributed by atoms with E-state index in [9.17, 15) is 0 Å². The number of rotatable bonds is 0. The van der Waals surface area contributed by atoms with E-state index in [1.807, 2.05) is 97.1 Å². The quantitative estimate of drug-likeness (QED) is 0.229. The number of nitrogens with zero attached hydrogens (tertiary/aromatic N) is 6. The van der Waals surface area contributed by atoms with Crippen molar-refractivity contribution in [2.24, 2.45) is 0 Å². The molecule has 0 saturated carbocycles. The zero-order valence-electron chi connectivity index (χ0n) is 22.4. The van der Waals surface area contributed by atoms with Crippen LogP contribution in [-0.2, 0) is 0 Å². The predicted octanol–water partition coefficient (Wildman–Crippen LogP) is 4.84. The number of hydrogen-bond donors (Lipinski definition) is 2. The van der Waals surface area contributed by atoms with Crippen molar-refractivity contribution in [2.75, 3.05) is 0 Å². The molecule has 8 bridgehead atoms. The van der Waals surface area contributed by atoms with E-state index in [4.69, 9.17) is 29.9 Å². The second kappa shape index (κ2) is 10.5. The Bertz CT molecular complexity index is 2050. The third-order valence-corrected chi connectivity index (χ3v) is 7.46. The summed E-state index contributed by atoms with van der Waals surface area (Å²) in [5.41, 5.74) is 6.45. The molecule has 3 aromatic heterocycles. The van der Waals surface area contributed by atoms with Gasteiger partial charge in [0.15, 0.2) is 23.3 Å². The summed E-state index contributed by atoms with van der Waals surface area (Å²) in [6.45, 7) is 0. The molecule has 4 aromatic carbocycles. The predicted molar refractivity (Wildman–Crippen MR) is 169 cm³/mol. The second-order valence-corrected chi connectivity index (χ2v) is 9.79. The molecule has 0 amide bonds. The average molecular weight is 623 g/mol. The van der Waals surface area contributed by atoms with Crippen molar-refractivity contribution in [1.29, 1.82) is 0 Å². The molecule has 9 rings (SSSR count). The first-order valence-corrected chi connectivity index (χ1v) is 13.0. The largest absolute Gasteiger partial charge is 0.412 e. The summed E-state index contributed by atoms with van der Waals surface area (Å²) >= 11 is 0. The van der Waals surface area contributed by atoms with E-state index >= 15 is 0 Å². The molecule has 10 nitrogen and oxygen atoms in total. The molecule has 4 radical (unpaired) electrons. The Balaban J connectivity index is 0.00000110. The van der Waals surface area contributed by atoms with Crippen LogP contribution in [0.15, 0.2) is 97.1 Å². The van der Waals surface area contributed by atoms with Crippen molar-refractivity contribution in [3.05, 3.63) is 97.1 Å². The van der Waals surface area contributed by atoms with Crippen molar-refractivity contribution in [1.82, 2.24) is 39.9 Å². The smallest absolute Gasteiger partial charge is 0.164 e. The van der Waals surface area contributed by atoms with Gasteiger partial charge in [-0.1, -0.05) is 97.1 Å². The van der Waals surface area contributed by atoms with Gasteiger partial charge in [-0.25, -0.2) is 29.9 Å². The van der Waals surface area contributed by atoms with Gasteiger partial charge in [-0.2, -0.15) is 0 Å². The Labute approximate surface area is 254 Å². The fraction of sp³-hybridized carbons (Fsp3) is 0. The SMILES string of the molecule is O.O.[Ge].c1ccc2c(c1)-c1nc-2nc2[nH]c(nc3nc(nc4[nH]c(n1)c1ccccc41)-c1ccccc1-3)c1ccccc21. The van der Waals surface area contributed by atoms with Crippen LogP contribution in [0.25, 0.3) is 89.7 Å². The van der Waals surface area contributed by atoms with Gasteiger partial charge in [0.2, 0.25) is 0 Å². The zero-order chi connectivity index (χ0) is 26.2. The summed E-state index contributed by atoms with van der Waals surface area (Å²) < 4.78 is 0. The van der Waals surface area contributed by atoms with Gasteiger partial charge in [-0.3, -0.25) is 0 Å². The summed E-state index contributed by atoms with van der Waals surface area (Å²) in [5.74, 6) is 2.39. The zero-order valence-corrected chi connectivity index (χ0v) is 24.5. The second-order valence-electron chi connectivity index (χ2n) is 9.79. The van der Waals surface area contributed by atoms with Crippen LogP contribution in [-0.4, -0.2) is 68.4 Å². The molecule has 0 aliphatic carbocycles. The number of aromatic nitrogens is 8. The molecule has 0 spiro atoms. The minimum absolute atomic E-state index is 0. The Kier molecular flexibility index (Phi) is 6.81. The van der Waals surface area contributed by atoms with Crippen molar-refractivity contribution in [2.45, 2.75) is 0 Å². The molecule has 0 atom stereocenters. The normalized spacial score (nSPS) is 11.2. The summed E-state index contributed by atoms with van der Waals surface area (Å²) in [5, 5.41) is 3.82. The molecule has 2 aliphatic rings. The van der Waals surface area contributed by atoms with Gasteiger partial charge in [0.25, 0.3) is 0 Å². The van der Waals surface area contributed by atoms with Crippen LogP contribution in [0.3, 0.4) is 0 Å². The Morgan fingerprint density at radius 3 is 0.814 bits per heavy atom. The third kappa shape index (κ3) is 4.19. The van der Waals surface area contributed by atoms with E-state index in [1.165, 1.54) is 0 Å². The number of fused-ring (bicyclic) bond motifs is 20. The van der Waals surface area contributed by atoms with E-state index in [1.54, 1.807) is 0 Å². The molecule has 0 unspecified atom stereocenters. The number of H-pyrrole nitrogens is 2. The molecule has 6 N–H and O–H groups in total. The monoisotopic (exact) mass is 624 g/mol. The molecule has 5 heterocycles. The maximum atomic E-state index is 5.02. The van der Waals surface area contributed by atoms with E-state index in [-0.39, 0.29) is 28.5 Å². The van der Waals surface area contributed by atoms with Gasteiger partial charge in [-0.05, 0) is 0 Å². The van der Waals surface area contributed by atoms with E-state index in [0.717, 1.165) is 43.8 Å². The van der Waals surface area contributed by atoms with Crippen LogP contribution >= 0.6 is 0 Å². The van der Waals surface area contributed by atoms with Crippen LogP contribution in [0.4, 0.5) is 0 Å². The molecule has 0 fully saturated rings. The average Bonchev–Trinajstić information content (AvgIpc) is 3.73. The van der Waals surface area contributed by atoms with E-state index in [2.05, 4.69) is 9.97 Å². The Morgan fingerprint density at radius 2 is 0.558 bits per heavy atom. The first kappa shape index (κ1) is 27.9. The van der Waals surface area contributed by atoms with Crippen molar-refractivity contribution < 1.29 is 11.0 Å². The number of aromatic amines is 2. The fourth-order valence-electron chi connectivity index (χ4n) is 5.59. The van der Waals surface area contributed by atoms with Crippen LogP contribution in [0.5, 0.6) is 0 Å². The first-order chi connectivity index (χ1) is 19.8.